The highest BCUT2D eigenvalue weighted by molar-refractivity contribution is 8.00. The molecule has 0 bridgehead atoms. The van der Waals surface area contributed by atoms with Crippen LogP contribution in [0.5, 0.6) is 0 Å². The predicted octanol–water partition coefficient (Wildman–Crippen LogP) is 9.01. The van der Waals surface area contributed by atoms with E-state index in [0.29, 0.717) is 55.0 Å². The molecule has 0 spiro atoms. The summed E-state index contributed by atoms with van der Waals surface area (Å²) in [6, 6.07) is 0.165. The summed E-state index contributed by atoms with van der Waals surface area (Å²) in [5.41, 5.74) is 4.07. The van der Waals surface area contributed by atoms with Crippen LogP contribution in [0.2, 0.25) is 0 Å². The molecule has 5 aliphatic rings. The minimum atomic E-state index is -0.564. The zero-order chi connectivity index (χ0) is 40.1. The average Bonchev–Trinajstić information content (AvgIpc) is 3.80. The number of carbonyl (C=O) groups is 3. The van der Waals surface area contributed by atoms with Crippen LogP contribution in [0.25, 0.3) is 0 Å². The van der Waals surface area contributed by atoms with E-state index in [1.165, 1.54) is 49.7 Å². The molecule has 2 saturated heterocycles. The average molecular weight is 797 g/mol. The number of nitrogens with one attached hydrogen (secondary N) is 4. The smallest absolute Gasteiger partial charge is 0.316 e. The van der Waals surface area contributed by atoms with Crippen molar-refractivity contribution in [1.29, 1.82) is 0 Å². The maximum Gasteiger partial charge on any atom is 0.316 e. The normalized spacial score (nSPS) is 30.9. The van der Waals surface area contributed by atoms with E-state index in [0.717, 1.165) is 89.4 Å². The minimum Gasteiger partial charge on any atom is -0.390 e. The number of rotatable bonds is 22. The van der Waals surface area contributed by atoms with Gasteiger partial charge in [0.25, 0.3) is 0 Å². The lowest BCUT2D eigenvalue weighted by molar-refractivity contribution is -0.122. The quantitative estimate of drug-likeness (QED) is 0.0696. The van der Waals surface area contributed by atoms with E-state index in [2.05, 4.69) is 53.8 Å². The van der Waals surface area contributed by atoms with Gasteiger partial charge in [-0.15, -0.1) is 11.8 Å². The predicted molar refractivity (Wildman–Crippen MR) is 229 cm³/mol. The van der Waals surface area contributed by atoms with Crippen molar-refractivity contribution in [3.05, 3.63) is 35.5 Å². The van der Waals surface area contributed by atoms with Crippen molar-refractivity contribution < 1.29 is 24.2 Å². The fourth-order valence-corrected chi connectivity index (χ4v) is 12.1. The Morgan fingerprint density at radius 3 is 2.52 bits per heavy atom. The molecule has 2 aliphatic heterocycles. The first kappa shape index (κ1) is 44.8. The Hall–Kier alpha value is -2.30. The number of urea groups is 1. The van der Waals surface area contributed by atoms with Gasteiger partial charge in [0, 0.05) is 37.8 Å². The molecule has 56 heavy (non-hydrogen) atoms. The second-order valence-corrected chi connectivity index (χ2v) is 20.2. The molecule has 2 unspecified atom stereocenters. The van der Waals surface area contributed by atoms with Gasteiger partial charge in [-0.05, 0) is 139 Å². The summed E-state index contributed by atoms with van der Waals surface area (Å²) in [5.74, 6) is 2.38. The lowest BCUT2D eigenvalue weighted by atomic mass is 9.60. The van der Waals surface area contributed by atoms with Crippen molar-refractivity contribution >= 4 is 29.6 Å². The largest absolute Gasteiger partial charge is 0.390 e. The van der Waals surface area contributed by atoms with Gasteiger partial charge in [0.05, 0.1) is 23.1 Å². The third-order valence-corrected chi connectivity index (χ3v) is 15.3. The summed E-state index contributed by atoms with van der Waals surface area (Å²) in [4.78, 5) is 36.0. The monoisotopic (exact) mass is 797 g/mol. The third kappa shape index (κ3) is 13.6. The number of carbonyl (C=O) groups excluding carboxylic acids is 3. The van der Waals surface area contributed by atoms with Gasteiger partial charge in [-0.25, -0.2) is 4.79 Å². The number of aliphatic hydroxyl groups is 1. The molecule has 8 atom stereocenters. The van der Waals surface area contributed by atoms with Crippen LogP contribution in [0.4, 0.5) is 4.79 Å². The van der Waals surface area contributed by atoms with Crippen LogP contribution < -0.4 is 21.3 Å². The number of thioether (sulfide) groups is 1. The van der Waals surface area contributed by atoms with Crippen molar-refractivity contribution in [1.82, 2.24) is 21.3 Å². The molecule has 4 amide bonds. The van der Waals surface area contributed by atoms with Crippen LogP contribution in [0.3, 0.4) is 0 Å². The van der Waals surface area contributed by atoms with Gasteiger partial charge >= 0.3 is 6.03 Å². The number of unbranched alkanes of at least 4 members (excludes halogenated alkanes) is 3. The highest BCUT2D eigenvalue weighted by atomic mass is 32.2. The summed E-state index contributed by atoms with van der Waals surface area (Å²) < 4.78 is 6.31. The molecule has 0 aromatic carbocycles. The third-order valence-electron chi connectivity index (χ3n) is 13.7. The number of hydrogen-bond acceptors (Lipinski definition) is 6. The molecule has 0 radical (unpaired) electrons. The number of allylic oxidation sites excluding steroid dienone is 4. The van der Waals surface area contributed by atoms with Crippen LogP contribution in [-0.2, 0) is 14.3 Å². The standard InChI is InChI=1S/C46H76N4O5S/c1-32-19-22-36(30-35(32)21-20-34-15-12-26-46(5)38(23-24-39(34)46)33(2)14-11-25-45(3,4)54)55-29-13-28-48-41(51)17-8-6-7-9-27-47-42(52)18-10-16-37-31-40-43(56-37)50-44(53)49-40/h20-21,33,36-40,43,54H,1,6-19,22-31H2,2-5H3,(H,47,52)(H,48,51)(H2,49,50,53)/t33-,36+,37+,38?,39?,40-,43+,46-/m1/s1. The summed E-state index contributed by atoms with van der Waals surface area (Å²) in [5, 5.41) is 22.9. The Morgan fingerprint density at radius 2 is 1.75 bits per heavy atom. The van der Waals surface area contributed by atoms with Gasteiger partial charge in [0.2, 0.25) is 11.8 Å². The Kier molecular flexibility index (Phi) is 17.3. The lowest BCUT2D eigenvalue weighted by Gasteiger charge is -2.44. The molecule has 3 aliphatic carbocycles. The topological polar surface area (TPSA) is 129 Å². The first-order chi connectivity index (χ1) is 26.8. The van der Waals surface area contributed by atoms with E-state index in [9.17, 15) is 19.5 Å². The Morgan fingerprint density at radius 1 is 1.00 bits per heavy atom. The first-order valence-electron chi connectivity index (χ1n) is 22.5. The van der Waals surface area contributed by atoms with Gasteiger partial charge in [-0.1, -0.05) is 69.4 Å². The van der Waals surface area contributed by atoms with Gasteiger partial charge < -0.3 is 31.1 Å². The highest BCUT2D eigenvalue weighted by Crippen LogP contribution is 2.60. The molecule has 0 aromatic heterocycles. The molecular formula is C46H76N4O5S. The van der Waals surface area contributed by atoms with Gasteiger partial charge in [-0.2, -0.15) is 0 Å². The number of fused-ring (bicyclic) bond motifs is 2. The zero-order valence-electron chi connectivity index (χ0n) is 35.4. The van der Waals surface area contributed by atoms with Crippen LogP contribution in [0.15, 0.2) is 35.5 Å². The van der Waals surface area contributed by atoms with E-state index < -0.39 is 5.60 Å². The molecule has 3 saturated carbocycles. The molecule has 5 N–H and O–H groups in total. The second kappa shape index (κ2) is 21.6. The molecule has 5 rings (SSSR count). The summed E-state index contributed by atoms with van der Waals surface area (Å²) in [6.07, 6.45) is 26.2. The molecular weight excluding hydrogens is 721 g/mol. The van der Waals surface area contributed by atoms with E-state index in [1.54, 1.807) is 5.57 Å². The van der Waals surface area contributed by atoms with Gasteiger partial charge in [-0.3, -0.25) is 9.59 Å². The van der Waals surface area contributed by atoms with Crippen LogP contribution in [0.1, 0.15) is 163 Å². The maximum absolute atomic E-state index is 12.4. The van der Waals surface area contributed by atoms with Crippen molar-refractivity contribution in [2.45, 2.75) is 191 Å². The summed E-state index contributed by atoms with van der Waals surface area (Å²) in [7, 11) is 0. The van der Waals surface area contributed by atoms with Crippen LogP contribution >= 0.6 is 11.8 Å². The fraction of sp³-hybridized carbons (Fsp3) is 0.804. The van der Waals surface area contributed by atoms with Crippen LogP contribution in [0, 0.1) is 23.2 Å². The molecule has 316 valence electrons. The van der Waals surface area contributed by atoms with Crippen LogP contribution in [-0.4, -0.2) is 71.0 Å². The molecule has 0 aromatic rings. The zero-order valence-corrected chi connectivity index (χ0v) is 36.2. The highest BCUT2D eigenvalue weighted by Gasteiger charge is 2.50. The van der Waals surface area contributed by atoms with E-state index in [1.807, 2.05) is 25.6 Å². The number of ether oxygens (including phenoxy) is 1. The Labute approximate surface area is 343 Å². The molecule has 2 heterocycles. The first-order valence-corrected chi connectivity index (χ1v) is 23.4. The SMILES string of the molecule is C=C1CC[C@H](OCCCNC(=O)CCCCCCNC(=O)CCC[C@H]2C[C@H]3NC(=O)N[C@H]3S2)CC1=CC=C1CCC[C@@]2(C)C1CCC2[C@H](C)CCCC(C)(C)O. The van der Waals surface area contributed by atoms with Crippen molar-refractivity contribution in [3.63, 3.8) is 0 Å². The Balaban J connectivity index is 0.884. The van der Waals surface area contributed by atoms with E-state index in [-0.39, 0.29) is 35.4 Å². The second-order valence-electron chi connectivity index (χ2n) is 18.8. The Bertz CT molecular complexity index is 1380. The minimum absolute atomic E-state index is 0.0652. The molecule has 9 nitrogen and oxygen atoms in total. The van der Waals surface area contributed by atoms with Crippen molar-refractivity contribution in [3.8, 4) is 0 Å². The molecule has 10 heteroatoms. The number of amides is 4. The van der Waals surface area contributed by atoms with Gasteiger partial charge in [0.1, 0.15) is 0 Å². The molecule has 5 fully saturated rings. The fourth-order valence-electron chi connectivity index (χ4n) is 10.6. The summed E-state index contributed by atoms with van der Waals surface area (Å²) >= 11 is 1.82. The number of hydrogen-bond donors (Lipinski definition) is 5. The van der Waals surface area contributed by atoms with E-state index >= 15 is 0 Å². The summed E-state index contributed by atoms with van der Waals surface area (Å²) in [6.45, 7) is 15.3. The lowest BCUT2D eigenvalue weighted by Crippen LogP contribution is -2.36. The maximum atomic E-state index is 12.4. The van der Waals surface area contributed by atoms with Gasteiger partial charge in [0.15, 0.2) is 0 Å². The van der Waals surface area contributed by atoms with Crippen molar-refractivity contribution in [2.24, 2.45) is 23.2 Å². The van der Waals surface area contributed by atoms with E-state index in [4.69, 9.17) is 4.74 Å². The van der Waals surface area contributed by atoms with Crippen molar-refractivity contribution in [2.75, 3.05) is 19.7 Å².